The summed E-state index contributed by atoms with van der Waals surface area (Å²) in [6.45, 7) is 0.726. The predicted octanol–water partition coefficient (Wildman–Crippen LogP) is 4.08. The first kappa shape index (κ1) is 13.1. The van der Waals surface area contributed by atoms with Gasteiger partial charge in [0.05, 0.1) is 0 Å². The fourth-order valence-corrected chi connectivity index (χ4v) is 3.31. The molecule has 0 saturated carbocycles. The molecule has 2 nitrogen and oxygen atoms in total. The Balaban J connectivity index is 1.97. The molecule has 0 fully saturated rings. The van der Waals surface area contributed by atoms with E-state index in [1.54, 1.807) is 6.07 Å². The lowest BCUT2D eigenvalue weighted by molar-refractivity contribution is 0.307. The molecule has 0 aliphatic rings. The minimum absolute atomic E-state index is 0.217. The fourth-order valence-electron chi connectivity index (χ4n) is 2.21. The second-order valence-electron chi connectivity index (χ2n) is 4.42. The third-order valence-corrected chi connectivity index (χ3v) is 4.38. The molecule has 0 aliphatic carbocycles. The summed E-state index contributed by atoms with van der Waals surface area (Å²) in [6, 6.07) is 14.6. The molecule has 0 radical (unpaired) electrons. The second kappa shape index (κ2) is 5.61. The maximum atomic E-state index is 14.0. The molecule has 1 heterocycles. The van der Waals surface area contributed by atoms with Crippen LogP contribution in [-0.2, 0) is 13.2 Å². The number of thiophene rings is 1. The molecule has 0 saturated heterocycles. The van der Waals surface area contributed by atoms with Gasteiger partial charge in [-0.1, -0.05) is 24.3 Å². The van der Waals surface area contributed by atoms with Crippen molar-refractivity contribution in [1.82, 2.24) is 0 Å². The molecule has 3 rings (SSSR count). The summed E-state index contributed by atoms with van der Waals surface area (Å²) >= 11 is 1.53. The van der Waals surface area contributed by atoms with E-state index < -0.39 is 0 Å². The van der Waals surface area contributed by atoms with Crippen molar-refractivity contribution in [2.75, 3.05) is 0 Å². The van der Waals surface area contributed by atoms with E-state index in [-0.39, 0.29) is 5.82 Å². The molecule has 1 aromatic heterocycles. The summed E-state index contributed by atoms with van der Waals surface area (Å²) in [5.41, 5.74) is 6.62. The minimum atomic E-state index is -0.217. The lowest BCUT2D eigenvalue weighted by Gasteiger charge is -2.07. The molecule has 0 spiro atoms. The Bertz CT molecular complexity index is 724. The van der Waals surface area contributed by atoms with Crippen molar-refractivity contribution in [2.24, 2.45) is 5.73 Å². The first-order valence-electron chi connectivity index (χ1n) is 6.36. The summed E-state index contributed by atoms with van der Waals surface area (Å²) in [4.78, 5) is 0.973. The molecule has 102 valence electrons. The zero-order chi connectivity index (χ0) is 13.9. The molecule has 3 aromatic rings. The number of ether oxygens (including phenoxy) is 1. The van der Waals surface area contributed by atoms with Gasteiger partial charge in [-0.2, -0.15) is 0 Å². The van der Waals surface area contributed by atoms with Crippen LogP contribution in [0.1, 0.15) is 10.4 Å². The number of nitrogens with two attached hydrogens (primary N) is 1. The standard InChI is InChI=1S/C16H14FNOS/c17-13-7-4-8-14-16(13)12(15(9-18)20-14)10-19-11-5-2-1-3-6-11/h1-8H,9-10,18H2. The highest BCUT2D eigenvalue weighted by atomic mass is 32.1. The highest BCUT2D eigenvalue weighted by Crippen LogP contribution is 2.33. The van der Waals surface area contributed by atoms with Crippen LogP contribution in [0.4, 0.5) is 4.39 Å². The lowest BCUT2D eigenvalue weighted by atomic mass is 10.1. The van der Waals surface area contributed by atoms with E-state index in [0.29, 0.717) is 18.5 Å². The predicted molar refractivity (Wildman–Crippen MR) is 80.4 cm³/mol. The SMILES string of the molecule is NCc1sc2cccc(F)c2c1COc1ccccc1. The second-order valence-corrected chi connectivity index (χ2v) is 5.56. The van der Waals surface area contributed by atoms with Crippen molar-refractivity contribution in [1.29, 1.82) is 0 Å². The number of fused-ring (bicyclic) bond motifs is 1. The Hall–Kier alpha value is -1.91. The zero-order valence-corrected chi connectivity index (χ0v) is 11.6. The smallest absolute Gasteiger partial charge is 0.132 e. The lowest BCUT2D eigenvalue weighted by Crippen LogP contribution is -2.02. The molecule has 2 N–H and O–H groups in total. The van der Waals surface area contributed by atoms with Gasteiger partial charge in [0.1, 0.15) is 18.2 Å². The van der Waals surface area contributed by atoms with Crippen LogP contribution in [0.5, 0.6) is 5.75 Å². The van der Waals surface area contributed by atoms with E-state index in [2.05, 4.69) is 0 Å². The van der Waals surface area contributed by atoms with Crippen molar-refractivity contribution < 1.29 is 9.13 Å². The number of halogens is 1. The topological polar surface area (TPSA) is 35.2 Å². The third kappa shape index (κ3) is 2.40. The fraction of sp³-hybridized carbons (Fsp3) is 0.125. The van der Waals surface area contributed by atoms with Gasteiger partial charge in [-0.15, -0.1) is 11.3 Å². The van der Waals surface area contributed by atoms with Crippen molar-refractivity contribution in [2.45, 2.75) is 13.2 Å². The van der Waals surface area contributed by atoms with Crippen LogP contribution in [-0.4, -0.2) is 0 Å². The molecule has 4 heteroatoms. The van der Waals surface area contributed by atoms with Gasteiger partial charge in [0.2, 0.25) is 0 Å². The monoisotopic (exact) mass is 287 g/mol. The van der Waals surface area contributed by atoms with Gasteiger partial charge in [0, 0.05) is 27.1 Å². The number of para-hydroxylation sites is 1. The molecule has 0 bridgehead atoms. The Kier molecular flexibility index (Phi) is 3.67. The summed E-state index contributed by atoms with van der Waals surface area (Å²) in [5.74, 6) is 0.552. The Morgan fingerprint density at radius 3 is 2.60 bits per heavy atom. The quantitative estimate of drug-likeness (QED) is 0.784. The molecule has 2 aromatic carbocycles. The van der Waals surface area contributed by atoms with Gasteiger partial charge in [-0.3, -0.25) is 0 Å². The van der Waals surface area contributed by atoms with Crippen LogP contribution < -0.4 is 10.5 Å². The average Bonchev–Trinajstić information content (AvgIpc) is 2.85. The maximum Gasteiger partial charge on any atom is 0.132 e. The molecule has 0 aliphatic heterocycles. The van der Waals surface area contributed by atoms with E-state index in [4.69, 9.17) is 10.5 Å². The minimum Gasteiger partial charge on any atom is -0.489 e. The number of hydrogen-bond donors (Lipinski definition) is 1. The zero-order valence-electron chi connectivity index (χ0n) is 10.8. The van der Waals surface area contributed by atoms with Gasteiger partial charge in [-0.25, -0.2) is 4.39 Å². The molecule has 0 unspecified atom stereocenters. The van der Waals surface area contributed by atoms with Crippen molar-refractivity contribution in [3.63, 3.8) is 0 Å². The van der Waals surface area contributed by atoms with E-state index >= 15 is 0 Å². The van der Waals surface area contributed by atoms with Crippen molar-refractivity contribution in [3.05, 3.63) is 64.8 Å². The molecular formula is C16H14FNOS. The normalized spacial score (nSPS) is 10.9. The average molecular weight is 287 g/mol. The Morgan fingerprint density at radius 2 is 1.85 bits per heavy atom. The Morgan fingerprint density at radius 1 is 1.05 bits per heavy atom. The van der Waals surface area contributed by atoms with E-state index in [0.717, 1.165) is 20.9 Å². The Labute approximate surface area is 120 Å². The van der Waals surface area contributed by atoms with Crippen LogP contribution in [0.15, 0.2) is 48.5 Å². The van der Waals surface area contributed by atoms with Gasteiger partial charge >= 0.3 is 0 Å². The van der Waals surface area contributed by atoms with Crippen molar-refractivity contribution in [3.8, 4) is 5.75 Å². The number of benzene rings is 2. The van der Waals surface area contributed by atoms with Gasteiger partial charge in [0.15, 0.2) is 0 Å². The summed E-state index contributed by atoms with van der Waals surface area (Å²) in [7, 11) is 0. The van der Waals surface area contributed by atoms with E-state index in [1.165, 1.54) is 17.4 Å². The van der Waals surface area contributed by atoms with Crippen LogP contribution in [0.3, 0.4) is 0 Å². The van der Waals surface area contributed by atoms with Gasteiger partial charge in [0.25, 0.3) is 0 Å². The highest BCUT2D eigenvalue weighted by Gasteiger charge is 2.15. The highest BCUT2D eigenvalue weighted by molar-refractivity contribution is 7.19. The van der Waals surface area contributed by atoms with Crippen LogP contribution in [0.2, 0.25) is 0 Å². The maximum absolute atomic E-state index is 14.0. The largest absolute Gasteiger partial charge is 0.489 e. The van der Waals surface area contributed by atoms with Gasteiger partial charge < -0.3 is 10.5 Å². The van der Waals surface area contributed by atoms with Crippen LogP contribution in [0, 0.1) is 5.82 Å². The summed E-state index contributed by atoms with van der Waals surface area (Å²) < 4.78 is 20.7. The van der Waals surface area contributed by atoms with Crippen LogP contribution >= 0.6 is 11.3 Å². The molecular weight excluding hydrogens is 273 g/mol. The molecule has 0 atom stereocenters. The number of hydrogen-bond acceptors (Lipinski definition) is 3. The molecule has 20 heavy (non-hydrogen) atoms. The van der Waals surface area contributed by atoms with Crippen LogP contribution in [0.25, 0.3) is 10.1 Å². The first-order chi connectivity index (χ1) is 9.79. The van der Waals surface area contributed by atoms with Crippen molar-refractivity contribution >= 4 is 21.4 Å². The van der Waals surface area contributed by atoms with Gasteiger partial charge in [-0.05, 0) is 24.3 Å². The first-order valence-corrected chi connectivity index (χ1v) is 7.18. The summed E-state index contributed by atoms with van der Waals surface area (Å²) in [5, 5.41) is 0.633. The molecule has 0 amide bonds. The number of rotatable bonds is 4. The third-order valence-electron chi connectivity index (χ3n) is 3.16. The van der Waals surface area contributed by atoms with E-state index in [9.17, 15) is 4.39 Å². The summed E-state index contributed by atoms with van der Waals surface area (Å²) in [6.07, 6.45) is 0. The van der Waals surface area contributed by atoms with E-state index in [1.807, 2.05) is 36.4 Å².